The number of hydrogen-bond acceptors (Lipinski definition) is 3. The van der Waals surface area contributed by atoms with Gasteiger partial charge in [0.05, 0.1) is 18.8 Å². The number of aliphatic hydroxyl groups is 2. The van der Waals surface area contributed by atoms with E-state index < -0.39 is 12.1 Å². The lowest BCUT2D eigenvalue weighted by Crippen LogP contribution is -2.45. The predicted molar refractivity (Wildman–Crippen MR) is 193 cm³/mol. The number of carbonyl (C=O) groups is 1. The van der Waals surface area contributed by atoms with Crippen molar-refractivity contribution in [1.29, 1.82) is 0 Å². The first-order valence-electron chi connectivity index (χ1n) is 17.1. The van der Waals surface area contributed by atoms with Crippen LogP contribution in [0.25, 0.3) is 0 Å². The molecule has 0 heterocycles. The summed E-state index contributed by atoms with van der Waals surface area (Å²) in [4.78, 5) is 12.3. The molecule has 0 aromatic rings. The van der Waals surface area contributed by atoms with Gasteiger partial charge in [0.15, 0.2) is 0 Å². The monoisotopic (exact) mass is 605 g/mol. The maximum absolute atomic E-state index is 12.3. The summed E-state index contributed by atoms with van der Waals surface area (Å²) in [6, 6.07) is -0.691. The van der Waals surface area contributed by atoms with Crippen LogP contribution in [0.4, 0.5) is 0 Å². The molecule has 0 aliphatic heterocycles. The molecule has 4 nitrogen and oxygen atoms in total. The SMILES string of the molecule is CC/C=C\C/C=C\C/C=C\C/C=C\C/C=C\C/C=C\CCC(=O)NC(CO)C(O)/C=C/CC/C=C/CC/C=C/CCCCC. The van der Waals surface area contributed by atoms with E-state index in [-0.39, 0.29) is 12.5 Å². The molecule has 3 N–H and O–H groups in total. The quantitative estimate of drug-likeness (QED) is 0.0614. The molecule has 0 saturated heterocycles. The molecule has 0 aliphatic carbocycles. The molecule has 0 aromatic heterocycles. The second-order valence-electron chi connectivity index (χ2n) is 10.8. The van der Waals surface area contributed by atoms with Crippen molar-refractivity contribution in [1.82, 2.24) is 5.32 Å². The fourth-order valence-corrected chi connectivity index (χ4v) is 4.11. The van der Waals surface area contributed by atoms with E-state index >= 15 is 0 Å². The molecule has 44 heavy (non-hydrogen) atoms. The molecule has 0 spiro atoms. The average molecular weight is 606 g/mol. The van der Waals surface area contributed by atoms with E-state index in [0.717, 1.165) is 64.2 Å². The predicted octanol–water partition coefficient (Wildman–Crippen LogP) is 10.1. The molecule has 0 fully saturated rings. The molecule has 1 amide bonds. The smallest absolute Gasteiger partial charge is 0.220 e. The van der Waals surface area contributed by atoms with E-state index in [1.807, 2.05) is 12.2 Å². The molecule has 0 aliphatic rings. The van der Waals surface area contributed by atoms with Crippen molar-refractivity contribution in [2.24, 2.45) is 0 Å². The van der Waals surface area contributed by atoms with Gasteiger partial charge >= 0.3 is 0 Å². The van der Waals surface area contributed by atoms with Crippen LogP contribution in [0.5, 0.6) is 0 Å². The van der Waals surface area contributed by atoms with E-state index in [0.29, 0.717) is 12.8 Å². The van der Waals surface area contributed by atoms with Gasteiger partial charge in [-0.2, -0.15) is 0 Å². The maximum Gasteiger partial charge on any atom is 0.220 e. The van der Waals surface area contributed by atoms with Crippen LogP contribution in [-0.4, -0.2) is 34.9 Å². The standard InChI is InChI=1S/C40H63NO3/c1-3-5-7-9-11-13-15-17-18-19-20-21-22-24-26-28-30-32-34-36-40(44)41-38(37-42)39(43)35-33-31-29-27-25-23-16-14-12-10-8-6-4-2/h5,7,11-14,17-18,20-21,24-27,30,32-33,35,38-39,42-43H,3-4,6,8-10,15-16,19,22-23,28-29,31,34,36-37H2,1-2H3,(H,41,44)/b7-5-,13-11-,14-12+,18-17-,21-20-,26-24-,27-25+,32-30-,35-33+. The highest BCUT2D eigenvalue weighted by Crippen LogP contribution is 2.04. The third-order valence-electron chi connectivity index (χ3n) is 6.73. The highest BCUT2D eigenvalue weighted by atomic mass is 16.3. The van der Waals surface area contributed by atoms with Crippen molar-refractivity contribution in [2.75, 3.05) is 6.61 Å². The summed E-state index contributed by atoms with van der Waals surface area (Å²) < 4.78 is 0. The Morgan fingerprint density at radius 3 is 1.48 bits per heavy atom. The van der Waals surface area contributed by atoms with Gasteiger partial charge in [-0.3, -0.25) is 4.79 Å². The minimum Gasteiger partial charge on any atom is -0.394 e. The fourth-order valence-electron chi connectivity index (χ4n) is 4.11. The van der Waals surface area contributed by atoms with Gasteiger partial charge in [-0.15, -0.1) is 0 Å². The first kappa shape index (κ1) is 41.0. The summed E-state index contributed by atoms with van der Waals surface area (Å²) in [6.45, 7) is 4.07. The van der Waals surface area contributed by atoms with Gasteiger partial charge < -0.3 is 15.5 Å². The molecule has 0 bridgehead atoms. The largest absolute Gasteiger partial charge is 0.394 e. The Balaban J connectivity index is 3.93. The number of rotatable bonds is 28. The molecule has 2 atom stereocenters. The highest BCUT2D eigenvalue weighted by molar-refractivity contribution is 5.76. The lowest BCUT2D eigenvalue weighted by Gasteiger charge is -2.19. The Morgan fingerprint density at radius 1 is 0.568 bits per heavy atom. The Morgan fingerprint density at radius 2 is 1.00 bits per heavy atom. The second kappa shape index (κ2) is 34.5. The summed E-state index contributed by atoms with van der Waals surface area (Å²) >= 11 is 0. The molecule has 2 unspecified atom stereocenters. The first-order valence-corrected chi connectivity index (χ1v) is 17.1. The molecule has 0 aromatic carbocycles. The lowest BCUT2D eigenvalue weighted by molar-refractivity contribution is -0.122. The molecule has 0 radical (unpaired) electrons. The highest BCUT2D eigenvalue weighted by Gasteiger charge is 2.17. The molecule has 4 heteroatoms. The summed E-state index contributed by atoms with van der Waals surface area (Å²) in [5.41, 5.74) is 0. The van der Waals surface area contributed by atoms with Gasteiger partial charge in [-0.1, -0.05) is 136 Å². The number of allylic oxidation sites excluding steroid dienone is 17. The zero-order valence-corrected chi connectivity index (χ0v) is 27.9. The van der Waals surface area contributed by atoms with Crippen molar-refractivity contribution in [3.8, 4) is 0 Å². The van der Waals surface area contributed by atoms with Crippen LogP contribution >= 0.6 is 0 Å². The van der Waals surface area contributed by atoms with Crippen molar-refractivity contribution in [3.05, 3.63) is 109 Å². The van der Waals surface area contributed by atoms with E-state index in [1.54, 1.807) is 6.08 Å². The minimum absolute atomic E-state index is 0.168. The van der Waals surface area contributed by atoms with E-state index in [9.17, 15) is 15.0 Å². The van der Waals surface area contributed by atoms with Crippen molar-refractivity contribution >= 4 is 5.91 Å². The summed E-state index contributed by atoms with van der Waals surface area (Å²) in [5.74, 6) is -0.168. The van der Waals surface area contributed by atoms with Crippen molar-refractivity contribution in [2.45, 2.75) is 129 Å². The molecule has 0 rings (SSSR count). The van der Waals surface area contributed by atoms with Gasteiger partial charge in [0.2, 0.25) is 5.91 Å². The number of amides is 1. The topological polar surface area (TPSA) is 69.6 Å². The zero-order valence-electron chi connectivity index (χ0n) is 27.9. The van der Waals surface area contributed by atoms with Crippen LogP contribution < -0.4 is 5.32 Å². The van der Waals surface area contributed by atoms with Gasteiger partial charge in [-0.25, -0.2) is 0 Å². The third-order valence-corrected chi connectivity index (χ3v) is 6.73. The van der Waals surface area contributed by atoms with Gasteiger partial charge in [0, 0.05) is 6.42 Å². The van der Waals surface area contributed by atoms with Crippen molar-refractivity contribution in [3.63, 3.8) is 0 Å². The van der Waals surface area contributed by atoms with Crippen LogP contribution in [0.15, 0.2) is 109 Å². The lowest BCUT2D eigenvalue weighted by atomic mass is 10.1. The summed E-state index contributed by atoms with van der Waals surface area (Å²) in [5, 5.41) is 22.7. The van der Waals surface area contributed by atoms with Crippen LogP contribution in [0, 0.1) is 0 Å². The first-order chi connectivity index (χ1) is 21.7. The minimum atomic E-state index is -0.906. The van der Waals surface area contributed by atoms with Crippen LogP contribution in [0.2, 0.25) is 0 Å². The number of unbranched alkanes of at least 4 members (excludes halogenated alkanes) is 5. The number of carbonyl (C=O) groups excluding carboxylic acids is 1. The third kappa shape index (κ3) is 30.5. The molecule has 0 saturated carbocycles. The second-order valence-corrected chi connectivity index (χ2v) is 10.8. The van der Waals surface area contributed by atoms with Crippen LogP contribution in [0.3, 0.4) is 0 Å². The summed E-state index contributed by atoms with van der Waals surface area (Å²) in [7, 11) is 0. The van der Waals surface area contributed by atoms with E-state index in [4.69, 9.17) is 0 Å². The Hall–Kier alpha value is -2.95. The zero-order chi connectivity index (χ0) is 32.2. The summed E-state index contributed by atoms with van der Waals surface area (Å²) in [6.07, 6.45) is 53.2. The number of nitrogens with one attached hydrogen (secondary N) is 1. The average Bonchev–Trinajstić information content (AvgIpc) is 3.03. The number of aliphatic hydroxyl groups excluding tert-OH is 2. The number of hydrogen-bond donors (Lipinski definition) is 3. The Kier molecular flexibility index (Phi) is 32.2. The Bertz CT molecular complexity index is 917. The van der Waals surface area contributed by atoms with Crippen LogP contribution in [0.1, 0.15) is 117 Å². The van der Waals surface area contributed by atoms with Crippen LogP contribution in [-0.2, 0) is 4.79 Å². The molecule has 246 valence electrons. The van der Waals surface area contributed by atoms with E-state index in [2.05, 4.69) is 110 Å². The van der Waals surface area contributed by atoms with E-state index in [1.165, 1.54) is 25.7 Å². The van der Waals surface area contributed by atoms with Gasteiger partial charge in [0.25, 0.3) is 0 Å². The fraction of sp³-hybridized carbons (Fsp3) is 0.525. The molecular formula is C40H63NO3. The van der Waals surface area contributed by atoms with Gasteiger partial charge in [0.1, 0.15) is 0 Å². The van der Waals surface area contributed by atoms with Crippen molar-refractivity contribution < 1.29 is 15.0 Å². The molecular weight excluding hydrogens is 542 g/mol. The maximum atomic E-state index is 12.3. The Labute approximate surface area is 270 Å². The normalized spacial score (nSPS) is 14.5. The van der Waals surface area contributed by atoms with Gasteiger partial charge in [-0.05, 0) is 83.5 Å².